The number of hydrogen-bond acceptors (Lipinski definition) is 4. The van der Waals surface area contributed by atoms with Gasteiger partial charge in [-0.2, -0.15) is 0 Å². The molecule has 0 aliphatic carbocycles. The van der Waals surface area contributed by atoms with Gasteiger partial charge in [0, 0.05) is 19.4 Å². The molecular formula is C11H15NO4. The zero-order valence-electron chi connectivity index (χ0n) is 9.19. The molecule has 0 saturated carbocycles. The van der Waals surface area contributed by atoms with Gasteiger partial charge >= 0.3 is 5.97 Å². The molecule has 16 heavy (non-hydrogen) atoms. The Morgan fingerprint density at radius 2 is 2.25 bits per heavy atom. The topological polar surface area (TPSA) is 68.5 Å². The summed E-state index contributed by atoms with van der Waals surface area (Å²) < 4.78 is 9.54. The minimum atomic E-state index is -0.327. The number of carbonyl (C=O) groups is 2. The SMILES string of the molecule is COC(=O)CCNC(=O)CCc1ccco1. The first-order valence-electron chi connectivity index (χ1n) is 5.08. The van der Waals surface area contributed by atoms with E-state index in [1.807, 2.05) is 6.07 Å². The molecule has 0 fully saturated rings. The van der Waals surface area contributed by atoms with Crippen LogP contribution in [-0.4, -0.2) is 25.5 Å². The van der Waals surface area contributed by atoms with Gasteiger partial charge in [0.25, 0.3) is 0 Å². The molecule has 0 atom stereocenters. The minimum absolute atomic E-state index is 0.0969. The molecule has 5 heteroatoms. The lowest BCUT2D eigenvalue weighted by Crippen LogP contribution is -2.26. The van der Waals surface area contributed by atoms with Gasteiger partial charge in [-0.3, -0.25) is 9.59 Å². The second kappa shape index (κ2) is 6.66. The molecule has 0 saturated heterocycles. The van der Waals surface area contributed by atoms with Crippen LogP contribution >= 0.6 is 0 Å². The molecule has 1 amide bonds. The van der Waals surface area contributed by atoms with Crippen LogP contribution in [0, 0.1) is 0 Å². The number of methoxy groups -OCH3 is 1. The fourth-order valence-electron chi connectivity index (χ4n) is 1.19. The largest absolute Gasteiger partial charge is 0.469 e. The molecule has 0 unspecified atom stereocenters. The Morgan fingerprint density at radius 3 is 2.88 bits per heavy atom. The Bertz CT molecular complexity index is 332. The lowest BCUT2D eigenvalue weighted by Gasteiger charge is -2.03. The van der Waals surface area contributed by atoms with E-state index in [0.29, 0.717) is 19.4 Å². The van der Waals surface area contributed by atoms with E-state index in [-0.39, 0.29) is 18.3 Å². The third-order valence-corrected chi connectivity index (χ3v) is 2.06. The number of furan rings is 1. The van der Waals surface area contributed by atoms with Crippen molar-refractivity contribution in [3.8, 4) is 0 Å². The van der Waals surface area contributed by atoms with Crippen LogP contribution in [0.2, 0.25) is 0 Å². The quantitative estimate of drug-likeness (QED) is 0.730. The van der Waals surface area contributed by atoms with E-state index in [1.54, 1.807) is 12.3 Å². The summed E-state index contributed by atoms with van der Waals surface area (Å²) in [6, 6.07) is 3.60. The molecule has 88 valence electrons. The van der Waals surface area contributed by atoms with Gasteiger partial charge in [-0.05, 0) is 12.1 Å². The highest BCUT2D eigenvalue weighted by Crippen LogP contribution is 2.03. The standard InChI is InChI=1S/C11H15NO4/c1-15-11(14)6-7-12-10(13)5-4-9-3-2-8-16-9/h2-3,8H,4-7H2,1H3,(H,12,13). The van der Waals surface area contributed by atoms with Crippen LogP contribution in [0.15, 0.2) is 22.8 Å². The summed E-state index contributed by atoms with van der Waals surface area (Å²) in [6.45, 7) is 0.309. The van der Waals surface area contributed by atoms with E-state index in [0.717, 1.165) is 5.76 Å². The number of carbonyl (C=O) groups excluding carboxylic acids is 2. The van der Waals surface area contributed by atoms with Crippen LogP contribution in [-0.2, 0) is 20.7 Å². The highest BCUT2D eigenvalue weighted by molar-refractivity contribution is 5.77. The predicted octanol–water partition coefficient (Wildman–Crippen LogP) is 0.891. The van der Waals surface area contributed by atoms with Gasteiger partial charge in [0.15, 0.2) is 0 Å². The van der Waals surface area contributed by atoms with Gasteiger partial charge in [0.1, 0.15) is 5.76 Å². The number of rotatable bonds is 6. The van der Waals surface area contributed by atoms with Gasteiger partial charge in [0.05, 0.1) is 19.8 Å². The van der Waals surface area contributed by atoms with Crippen LogP contribution in [0.3, 0.4) is 0 Å². The zero-order chi connectivity index (χ0) is 11.8. The molecule has 1 rings (SSSR count). The van der Waals surface area contributed by atoms with Crippen molar-refractivity contribution in [3.05, 3.63) is 24.2 Å². The van der Waals surface area contributed by atoms with Crippen molar-refractivity contribution >= 4 is 11.9 Å². The first-order chi connectivity index (χ1) is 7.72. The van der Waals surface area contributed by atoms with E-state index >= 15 is 0 Å². The maximum atomic E-state index is 11.3. The maximum absolute atomic E-state index is 11.3. The number of hydrogen-bond donors (Lipinski definition) is 1. The van der Waals surface area contributed by atoms with Crippen molar-refractivity contribution in [2.24, 2.45) is 0 Å². The Balaban J connectivity index is 2.09. The second-order valence-electron chi connectivity index (χ2n) is 3.26. The molecule has 0 spiro atoms. The summed E-state index contributed by atoms with van der Waals surface area (Å²) in [5.74, 6) is 0.356. The third kappa shape index (κ3) is 4.63. The zero-order valence-corrected chi connectivity index (χ0v) is 9.19. The van der Waals surface area contributed by atoms with Gasteiger partial charge in [0.2, 0.25) is 5.91 Å². The van der Waals surface area contributed by atoms with Crippen LogP contribution < -0.4 is 5.32 Å². The first kappa shape index (κ1) is 12.3. The van der Waals surface area contributed by atoms with Gasteiger partial charge in [-0.25, -0.2) is 0 Å². The number of aryl methyl sites for hydroxylation is 1. The molecule has 0 radical (unpaired) electrons. The van der Waals surface area contributed by atoms with Crippen molar-refractivity contribution in [2.45, 2.75) is 19.3 Å². The second-order valence-corrected chi connectivity index (χ2v) is 3.26. The monoisotopic (exact) mass is 225 g/mol. The lowest BCUT2D eigenvalue weighted by atomic mass is 10.2. The highest BCUT2D eigenvalue weighted by atomic mass is 16.5. The predicted molar refractivity (Wildman–Crippen MR) is 56.7 cm³/mol. The lowest BCUT2D eigenvalue weighted by molar-refractivity contribution is -0.140. The van der Waals surface area contributed by atoms with E-state index in [4.69, 9.17) is 4.42 Å². The van der Waals surface area contributed by atoms with Crippen molar-refractivity contribution in [1.82, 2.24) is 5.32 Å². The Hall–Kier alpha value is -1.78. The third-order valence-electron chi connectivity index (χ3n) is 2.06. The van der Waals surface area contributed by atoms with Crippen molar-refractivity contribution < 1.29 is 18.7 Å². The van der Waals surface area contributed by atoms with Crippen molar-refractivity contribution in [3.63, 3.8) is 0 Å². The number of ether oxygens (including phenoxy) is 1. The number of esters is 1. The van der Waals surface area contributed by atoms with E-state index in [2.05, 4.69) is 10.1 Å². The van der Waals surface area contributed by atoms with E-state index in [9.17, 15) is 9.59 Å². The molecule has 0 aromatic carbocycles. The minimum Gasteiger partial charge on any atom is -0.469 e. The van der Waals surface area contributed by atoms with Crippen LogP contribution in [0.5, 0.6) is 0 Å². The number of nitrogens with one attached hydrogen (secondary N) is 1. The summed E-state index contributed by atoms with van der Waals surface area (Å²) in [4.78, 5) is 22.1. The maximum Gasteiger partial charge on any atom is 0.307 e. The normalized spacial score (nSPS) is 9.81. The molecular weight excluding hydrogens is 210 g/mol. The van der Waals surface area contributed by atoms with Crippen LogP contribution in [0.25, 0.3) is 0 Å². The van der Waals surface area contributed by atoms with Gasteiger partial charge in [-0.15, -0.1) is 0 Å². The molecule has 0 aliphatic heterocycles. The molecule has 1 heterocycles. The molecule has 1 N–H and O–H groups in total. The highest BCUT2D eigenvalue weighted by Gasteiger charge is 2.05. The average molecular weight is 225 g/mol. The van der Waals surface area contributed by atoms with Crippen molar-refractivity contribution in [2.75, 3.05) is 13.7 Å². The summed E-state index contributed by atoms with van der Waals surface area (Å²) in [5.41, 5.74) is 0. The van der Waals surface area contributed by atoms with Gasteiger partial charge < -0.3 is 14.5 Å². The first-order valence-corrected chi connectivity index (χ1v) is 5.08. The number of amides is 1. The van der Waals surface area contributed by atoms with Crippen LogP contribution in [0.1, 0.15) is 18.6 Å². The van der Waals surface area contributed by atoms with E-state index < -0.39 is 0 Å². The summed E-state index contributed by atoms with van der Waals surface area (Å²) >= 11 is 0. The summed E-state index contributed by atoms with van der Waals surface area (Å²) in [6.07, 6.45) is 2.69. The Labute approximate surface area is 93.8 Å². The molecule has 0 bridgehead atoms. The molecule has 1 aromatic rings. The van der Waals surface area contributed by atoms with Crippen LogP contribution in [0.4, 0.5) is 0 Å². The average Bonchev–Trinajstić information content (AvgIpc) is 2.79. The summed E-state index contributed by atoms with van der Waals surface area (Å²) in [5, 5.41) is 2.63. The van der Waals surface area contributed by atoms with Crippen molar-refractivity contribution in [1.29, 1.82) is 0 Å². The fourth-order valence-corrected chi connectivity index (χ4v) is 1.19. The van der Waals surface area contributed by atoms with E-state index in [1.165, 1.54) is 7.11 Å². The Kier molecular flexibility index (Phi) is 5.11. The molecule has 5 nitrogen and oxygen atoms in total. The Morgan fingerprint density at radius 1 is 1.44 bits per heavy atom. The summed E-state index contributed by atoms with van der Waals surface area (Å²) in [7, 11) is 1.32. The smallest absolute Gasteiger partial charge is 0.307 e. The molecule has 0 aliphatic rings. The molecule has 1 aromatic heterocycles. The fraction of sp³-hybridized carbons (Fsp3) is 0.455. The van der Waals surface area contributed by atoms with Gasteiger partial charge in [-0.1, -0.05) is 0 Å².